The van der Waals surface area contributed by atoms with Gasteiger partial charge in [-0.2, -0.15) is 0 Å². The van der Waals surface area contributed by atoms with Crippen LogP contribution in [-0.2, 0) is 9.47 Å². The quantitative estimate of drug-likeness (QED) is 0.294. The van der Waals surface area contributed by atoms with Crippen LogP contribution in [0.1, 0.15) is 10.4 Å². The number of nitrogens with two attached hydrogens (primary N) is 1. The number of rotatable bonds is 10. The third kappa shape index (κ3) is 8.46. The van der Waals surface area contributed by atoms with Crippen molar-refractivity contribution in [2.24, 2.45) is 10.8 Å². The zero-order valence-corrected chi connectivity index (χ0v) is 12.9. The fourth-order valence-corrected chi connectivity index (χ4v) is 1.48. The maximum absolute atomic E-state index is 11.8. The van der Waals surface area contributed by atoms with Crippen LogP contribution in [0.15, 0.2) is 29.4 Å². The van der Waals surface area contributed by atoms with Gasteiger partial charge in [-0.25, -0.2) is 0 Å². The molecule has 0 unspecified atom stereocenters. The molecule has 1 amide bonds. The smallest absolute Gasteiger partial charge is 0.251 e. The minimum atomic E-state index is -0.203. The van der Waals surface area contributed by atoms with Crippen LogP contribution in [0.4, 0.5) is 5.69 Å². The largest absolute Gasteiger partial charge is 0.378 e. The number of nitrogens with zero attached hydrogens (tertiary/aromatic N) is 3. The number of carbonyl (C=O) groups is 1. The van der Waals surface area contributed by atoms with E-state index in [4.69, 9.17) is 20.7 Å². The van der Waals surface area contributed by atoms with Crippen molar-refractivity contribution in [2.45, 2.75) is 0 Å². The normalized spacial score (nSPS) is 9.50. The van der Waals surface area contributed by atoms with Gasteiger partial charge in [-0.1, -0.05) is 17.2 Å². The van der Waals surface area contributed by atoms with Crippen molar-refractivity contribution in [3.05, 3.63) is 40.3 Å². The van der Waals surface area contributed by atoms with E-state index in [-0.39, 0.29) is 18.3 Å². The molecule has 1 aromatic rings. The molecule has 1 rings (SSSR count). The average molecular weight is 330 g/mol. The van der Waals surface area contributed by atoms with Gasteiger partial charge in [0.15, 0.2) is 0 Å². The molecule has 0 spiro atoms. The zero-order valence-electron chi connectivity index (χ0n) is 12.1. The number of azide groups is 1. The second-order valence-corrected chi connectivity index (χ2v) is 4.01. The highest BCUT2D eigenvalue weighted by Gasteiger charge is 2.03. The molecule has 122 valence electrons. The van der Waals surface area contributed by atoms with E-state index < -0.39 is 0 Å². The number of hydrogen-bond donors (Lipinski definition) is 2. The highest BCUT2D eigenvalue weighted by atomic mass is 35.5. The van der Waals surface area contributed by atoms with Crippen molar-refractivity contribution in [3.63, 3.8) is 0 Å². The van der Waals surface area contributed by atoms with Gasteiger partial charge in [0.25, 0.3) is 5.91 Å². The summed E-state index contributed by atoms with van der Waals surface area (Å²) in [7, 11) is 0. The van der Waals surface area contributed by atoms with Crippen LogP contribution in [0.25, 0.3) is 10.4 Å². The maximum atomic E-state index is 11.8. The van der Waals surface area contributed by atoms with Crippen LogP contribution in [0.2, 0.25) is 0 Å². The number of carbonyl (C=O) groups excluding carboxylic acids is 1. The fourth-order valence-electron chi connectivity index (χ4n) is 1.48. The SMILES string of the molecule is Cl.[N-]=[N+]=Nc1ccc(C(=O)NCCOCCOCCN)cc1. The summed E-state index contributed by atoms with van der Waals surface area (Å²) in [5, 5.41) is 6.16. The molecule has 0 heterocycles. The monoisotopic (exact) mass is 329 g/mol. The van der Waals surface area contributed by atoms with Gasteiger partial charge in [-0.15, -0.1) is 12.4 Å². The molecule has 0 bridgehead atoms. The van der Waals surface area contributed by atoms with E-state index in [0.29, 0.717) is 50.8 Å². The molecule has 0 saturated heterocycles. The summed E-state index contributed by atoms with van der Waals surface area (Å²) in [4.78, 5) is 14.4. The highest BCUT2D eigenvalue weighted by molar-refractivity contribution is 5.94. The van der Waals surface area contributed by atoms with Crippen molar-refractivity contribution < 1.29 is 14.3 Å². The van der Waals surface area contributed by atoms with E-state index in [9.17, 15) is 4.79 Å². The molecule has 0 aliphatic carbocycles. The standard InChI is InChI=1S/C13H19N5O3.ClH/c14-5-7-20-9-10-21-8-6-16-13(19)11-1-3-12(4-2-11)17-18-15;/h1-4H,5-10,14H2,(H,16,19);1H. The molecule has 8 nitrogen and oxygen atoms in total. The lowest BCUT2D eigenvalue weighted by atomic mass is 10.2. The van der Waals surface area contributed by atoms with E-state index in [2.05, 4.69) is 15.3 Å². The molecule has 0 aliphatic rings. The third-order valence-corrected chi connectivity index (χ3v) is 2.46. The Morgan fingerprint density at radius 2 is 1.82 bits per heavy atom. The molecule has 1 aromatic carbocycles. The molecule has 3 N–H and O–H groups in total. The summed E-state index contributed by atoms with van der Waals surface area (Å²) in [5.41, 5.74) is 14.5. The highest BCUT2D eigenvalue weighted by Crippen LogP contribution is 2.12. The molecular weight excluding hydrogens is 310 g/mol. The van der Waals surface area contributed by atoms with E-state index in [1.54, 1.807) is 24.3 Å². The summed E-state index contributed by atoms with van der Waals surface area (Å²) in [6.07, 6.45) is 0. The van der Waals surface area contributed by atoms with Gasteiger partial charge in [0.1, 0.15) is 0 Å². The fraction of sp³-hybridized carbons (Fsp3) is 0.462. The van der Waals surface area contributed by atoms with Gasteiger partial charge in [0.05, 0.1) is 26.4 Å². The van der Waals surface area contributed by atoms with Crippen LogP contribution in [-0.4, -0.2) is 45.4 Å². The Hall–Kier alpha value is -1.83. The Labute approximate surface area is 135 Å². The Bertz CT molecular complexity index is 477. The topological polar surface area (TPSA) is 122 Å². The van der Waals surface area contributed by atoms with Gasteiger partial charge < -0.3 is 20.5 Å². The second kappa shape index (κ2) is 12.9. The maximum Gasteiger partial charge on any atom is 0.251 e. The van der Waals surface area contributed by atoms with Crippen molar-refractivity contribution in [1.82, 2.24) is 5.32 Å². The molecular formula is C13H20ClN5O3. The predicted molar refractivity (Wildman–Crippen MR) is 85.5 cm³/mol. The summed E-state index contributed by atoms with van der Waals surface area (Å²) in [5.74, 6) is -0.203. The number of amides is 1. The molecule has 0 saturated carbocycles. The van der Waals surface area contributed by atoms with E-state index in [1.807, 2.05) is 0 Å². The van der Waals surface area contributed by atoms with Crippen LogP contribution >= 0.6 is 12.4 Å². The molecule has 0 fully saturated rings. The summed E-state index contributed by atoms with van der Waals surface area (Å²) in [6.45, 7) is 2.80. The van der Waals surface area contributed by atoms with Gasteiger partial charge in [0, 0.05) is 29.3 Å². The lowest BCUT2D eigenvalue weighted by Gasteiger charge is -2.07. The lowest BCUT2D eigenvalue weighted by molar-refractivity contribution is 0.0511. The average Bonchev–Trinajstić information content (AvgIpc) is 2.51. The van der Waals surface area contributed by atoms with Crippen LogP contribution in [0, 0.1) is 0 Å². The van der Waals surface area contributed by atoms with Crippen LogP contribution < -0.4 is 11.1 Å². The second-order valence-electron chi connectivity index (χ2n) is 4.01. The van der Waals surface area contributed by atoms with Crippen LogP contribution in [0.5, 0.6) is 0 Å². The Morgan fingerprint density at radius 1 is 1.18 bits per heavy atom. The summed E-state index contributed by atoms with van der Waals surface area (Å²) in [6, 6.07) is 6.36. The summed E-state index contributed by atoms with van der Waals surface area (Å²) >= 11 is 0. The Balaban J connectivity index is 0.00000441. The summed E-state index contributed by atoms with van der Waals surface area (Å²) < 4.78 is 10.4. The number of benzene rings is 1. The van der Waals surface area contributed by atoms with Crippen LogP contribution in [0.3, 0.4) is 0 Å². The van der Waals surface area contributed by atoms with Gasteiger partial charge >= 0.3 is 0 Å². The van der Waals surface area contributed by atoms with Gasteiger partial charge in [0.2, 0.25) is 0 Å². The molecule has 0 atom stereocenters. The minimum absolute atomic E-state index is 0. The molecule has 0 radical (unpaired) electrons. The molecule has 22 heavy (non-hydrogen) atoms. The Kier molecular flexibility index (Phi) is 11.8. The van der Waals surface area contributed by atoms with Crippen molar-refractivity contribution in [2.75, 3.05) is 39.5 Å². The van der Waals surface area contributed by atoms with E-state index >= 15 is 0 Å². The van der Waals surface area contributed by atoms with Gasteiger partial charge in [-0.05, 0) is 17.7 Å². The zero-order chi connectivity index (χ0) is 15.3. The molecule has 0 aromatic heterocycles. The third-order valence-electron chi connectivity index (χ3n) is 2.46. The number of ether oxygens (including phenoxy) is 2. The predicted octanol–water partition coefficient (Wildman–Crippen LogP) is 1.77. The first-order valence-corrected chi connectivity index (χ1v) is 6.57. The first-order valence-electron chi connectivity index (χ1n) is 6.57. The van der Waals surface area contributed by atoms with Gasteiger partial charge in [-0.3, -0.25) is 4.79 Å². The first kappa shape index (κ1) is 20.2. The molecule has 0 aliphatic heterocycles. The Morgan fingerprint density at radius 3 is 2.41 bits per heavy atom. The minimum Gasteiger partial charge on any atom is -0.378 e. The number of halogens is 1. The van der Waals surface area contributed by atoms with E-state index in [0.717, 1.165) is 0 Å². The van der Waals surface area contributed by atoms with E-state index in [1.165, 1.54) is 0 Å². The van der Waals surface area contributed by atoms with Crippen molar-refractivity contribution in [1.29, 1.82) is 0 Å². The lowest BCUT2D eigenvalue weighted by Crippen LogP contribution is -2.27. The van der Waals surface area contributed by atoms with Crippen molar-refractivity contribution >= 4 is 24.0 Å². The molecule has 9 heteroatoms. The number of hydrogen-bond acceptors (Lipinski definition) is 5. The first-order chi connectivity index (χ1) is 10.3. The number of nitrogens with one attached hydrogen (secondary N) is 1. The van der Waals surface area contributed by atoms with Crippen molar-refractivity contribution in [3.8, 4) is 0 Å².